The first-order valence-corrected chi connectivity index (χ1v) is 7.71. The standard InChI is InChI=1S/C15H22BrNO/c1-3-13-7-9-14(10-8-13)15(18)17(2)12-6-4-5-11-16/h7-10H,3-6,11-12H2,1-2H3. The molecule has 1 amide bonds. The van der Waals surface area contributed by atoms with Crippen LogP contribution in [0.2, 0.25) is 0 Å². The van der Waals surface area contributed by atoms with Crippen molar-refractivity contribution in [2.24, 2.45) is 0 Å². The Balaban J connectivity index is 2.46. The van der Waals surface area contributed by atoms with Gasteiger partial charge in [0.15, 0.2) is 0 Å². The molecular formula is C15H22BrNO. The maximum Gasteiger partial charge on any atom is 0.253 e. The fourth-order valence-corrected chi connectivity index (χ4v) is 2.22. The number of halogens is 1. The van der Waals surface area contributed by atoms with Crippen LogP contribution in [-0.2, 0) is 6.42 Å². The molecule has 0 aromatic heterocycles. The van der Waals surface area contributed by atoms with Crippen molar-refractivity contribution in [2.45, 2.75) is 32.6 Å². The summed E-state index contributed by atoms with van der Waals surface area (Å²) in [6, 6.07) is 7.92. The van der Waals surface area contributed by atoms with E-state index < -0.39 is 0 Å². The quantitative estimate of drug-likeness (QED) is 0.552. The number of rotatable bonds is 7. The van der Waals surface area contributed by atoms with Crippen LogP contribution < -0.4 is 0 Å². The van der Waals surface area contributed by atoms with Crippen LogP contribution in [0.1, 0.15) is 42.1 Å². The zero-order chi connectivity index (χ0) is 13.4. The Hall–Kier alpha value is -0.830. The van der Waals surface area contributed by atoms with E-state index in [0.29, 0.717) is 0 Å². The number of benzene rings is 1. The second-order valence-corrected chi connectivity index (χ2v) is 5.32. The van der Waals surface area contributed by atoms with Crippen molar-refractivity contribution < 1.29 is 4.79 Å². The molecule has 0 fully saturated rings. The van der Waals surface area contributed by atoms with Crippen molar-refractivity contribution in [1.29, 1.82) is 0 Å². The summed E-state index contributed by atoms with van der Waals surface area (Å²) in [6.07, 6.45) is 4.42. The second kappa shape index (κ2) is 8.30. The van der Waals surface area contributed by atoms with E-state index in [1.54, 1.807) is 0 Å². The van der Waals surface area contributed by atoms with Gasteiger partial charge in [-0.1, -0.05) is 41.4 Å². The van der Waals surface area contributed by atoms with E-state index in [9.17, 15) is 4.79 Å². The van der Waals surface area contributed by atoms with Gasteiger partial charge in [0.05, 0.1) is 0 Å². The molecule has 0 bridgehead atoms. The van der Waals surface area contributed by atoms with Crippen LogP contribution >= 0.6 is 15.9 Å². The molecule has 0 radical (unpaired) electrons. The van der Waals surface area contributed by atoms with Gasteiger partial charge in [0, 0.05) is 24.5 Å². The number of hydrogen-bond acceptors (Lipinski definition) is 1. The maximum atomic E-state index is 12.1. The van der Waals surface area contributed by atoms with Gasteiger partial charge < -0.3 is 4.90 Å². The molecule has 18 heavy (non-hydrogen) atoms. The molecule has 0 heterocycles. The van der Waals surface area contributed by atoms with E-state index in [1.807, 2.05) is 36.2 Å². The highest BCUT2D eigenvalue weighted by Gasteiger charge is 2.10. The van der Waals surface area contributed by atoms with Gasteiger partial charge in [0.1, 0.15) is 0 Å². The van der Waals surface area contributed by atoms with Gasteiger partial charge >= 0.3 is 0 Å². The van der Waals surface area contributed by atoms with Crippen molar-refractivity contribution in [3.63, 3.8) is 0 Å². The number of nitrogens with zero attached hydrogens (tertiary/aromatic N) is 1. The Morgan fingerprint density at radius 3 is 2.39 bits per heavy atom. The number of carbonyl (C=O) groups is 1. The molecule has 1 aromatic rings. The van der Waals surface area contributed by atoms with Crippen molar-refractivity contribution in [3.8, 4) is 0 Å². The number of unbranched alkanes of at least 4 members (excludes halogenated alkanes) is 2. The third-order valence-electron chi connectivity index (χ3n) is 3.08. The Morgan fingerprint density at radius 1 is 1.17 bits per heavy atom. The van der Waals surface area contributed by atoms with E-state index >= 15 is 0 Å². The molecule has 0 spiro atoms. The summed E-state index contributed by atoms with van der Waals surface area (Å²) < 4.78 is 0. The lowest BCUT2D eigenvalue weighted by Gasteiger charge is -2.17. The van der Waals surface area contributed by atoms with Crippen LogP contribution in [0, 0.1) is 0 Å². The fourth-order valence-electron chi connectivity index (χ4n) is 1.83. The molecule has 1 aromatic carbocycles. The number of alkyl halides is 1. The van der Waals surface area contributed by atoms with Crippen LogP contribution in [0.5, 0.6) is 0 Å². The lowest BCUT2D eigenvalue weighted by molar-refractivity contribution is 0.0792. The average molecular weight is 312 g/mol. The Morgan fingerprint density at radius 2 is 1.83 bits per heavy atom. The van der Waals surface area contributed by atoms with E-state index in [4.69, 9.17) is 0 Å². The molecule has 0 saturated heterocycles. The van der Waals surface area contributed by atoms with Crippen LogP contribution in [-0.4, -0.2) is 29.7 Å². The minimum Gasteiger partial charge on any atom is -0.342 e. The summed E-state index contributed by atoms with van der Waals surface area (Å²) >= 11 is 3.42. The molecule has 3 heteroatoms. The highest BCUT2D eigenvalue weighted by atomic mass is 79.9. The van der Waals surface area contributed by atoms with Crippen molar-refractivity contribution in [1.82, 2.24) is 4.90 Å². The fraction of sp³-hybridized carbons (Fsp3) is 0.533. The predicted octanol–water partition coefficient (Wildman–Crippen LogP) is 3.89. The largest absolute Gasteiger partial charge is 0.342 e. The van der Waals surface area contributed by atoms with E-state index in [-0.39, 0.29) is 5.91 Å². The summed E-state index contributed by atoms with van der Waals surface area (Å²) in [6.45, 7) is 2.95. The maximum absolute atomic E-state index is 12.1. The van der Waals surface area contributed by atoms with Crippen molar-refractivity contribution in [3.05, 3.63) is 35.4 Å². The van der Waals surface area contributed by atoms with Crippen LogP contribution in [0.15, 0.2) is 24.3 Å². The second-order valence-electron chi connectivity index (χ2n) is 4.53. The van der Waals surface area contributed by atoms with Crippen molar-refractivity contribution >= 4 is 21.8 Å². The molecule has 0 N–H and O–H groups in total. The molecule has 0 aliphatic rings. The molecule has 0 saturated carbocycles. The zero-order valence-corrected chi connectivity index (χ0v) is 12.9. The lowest BCUT2D eigenvalue weighted by atomic mass is 10.1. The van der Waals surface area contributed by atoms with Crippen LogP contribution in [0.25, 0.3) is 0 Å². The number of carbonyl (C=O) groups excluding carboxylic acids is 1. The van der Waals surface area contributed by atoms with Crippen molar-refractivity contribution in [2.75, 3.05) is 18.9 Å². The summed E-state index contributed by atoms with van der Waals surface area (Å²) in [4.78, 5) is 13.9. The lowest BCUT2D eigenvalue weighted by Crippen LogP contribution is -2.27. The first kappa shape index (κ1) is 15.2. The molecule has 2 nitrogen and oxygen atoms in total. The van der Waals surface area contributed by atoms with Gasteiger partial charge in [0.2, 0.25) is 0 Å². The Bertz CT molecular complexity index is 361. The normalized spacial score (nSPS) is 10.4. The molecule has 0 unspecified atom stereocenters. The van der Waals surface area contributed by atoms with Gasteiger partial charge in [-0.2, -0.15) is 0 Å². The number of aryl methyl sites for hydroxylation is 1. The Labute approximate surface area is 119 Å². The molecule has 100 valence electrons. The van der Waals surface area contributed by atoms with Crippen LogP contribution in [0.4, 0.5) is 0 Å². The van der Waals surface area contributed by atoms with Gasteiger partial charge in [0.25, 0.3) is 5.91 Å². The SMILES string of the molecule is CCc1ccc(C(=O)N(C)CCCCCBr)cc1. The summed E-state index contributed by atoms with van der Waals surface area (Å²) in [5.74, 6) is 0.122. The molecule has 0 atom stereocenters. The first-order chi connectivity index (χ1) is 8.69. The van der Waals surface area contributed by atoms with E-state index in [0.717, 1.165) is 36.7 Å². The minimum absolute atomic E-state index is 0.122. The topological polar surface area (TPSA) is 20.3 Å². The number of hydrogen-bond donors (Lipinski definition) is 0. The number of amides is 1. The minimum atomic E-state index is 0.122. The summed E-state index contributed by atoms with van der Waals surface area (Å²) in [7, 11) is 1.88. The van der Waals surface area contributed by atoms with E-state index in [2.05, 4.69) is 22.9 Å². The highest BCUT2D eigenvalue weighted by Crippen LogP contribution is 2.08. The predicted molar refractivity (Wildman–Crippen MR) is 80.4 cm³/mol. The van der Waals surface area contributed by atoms with E-state index in [1.165, 1.54) is 12.0 Å². The van der Waals surface area contributed by atoms with Gasteiger partial charge in [-0.05, 0) is 37.0 Å². The van der Waals surface area contributed by atoms with Crippen LogP contribution in [0.3, 0.4) is 0 Å². The first-order valence-electron chi connectivity index (χ1n) is 6.59. The third-order valence-corrected chi connectivity index (χ3v) is 3.64. The van der Waals surface area contributed by atoms with Gasteiger partial charge in [-0.15, -0.1) is 0 Å². The average Bonchev–Trinajstić information content (AvgIpc) is 2.42. The summed E-state index contributed by atoms with van der Waals surface area (Å²) in [5, 5.41) is 1.04. The Kier molecular flexibility index (Phi) is 7.02. The molecule has 0 aliphatic carbocycles. The monoisotopic (exact) mass is 311 g/mol. The third kappa shape index (κ3) is 4.81. The molecular weight excluding hydrogens is 290 g/mol. The van der Waals surface area contributed by atoms with Gasteiger partial charge in [-0.3, -0.25) is 4.79 Å². The zero-order valence-electron chi connectivity index (χ0n) is 11.3. The summed E-state index contributed by atoms with van der Waals surface area (Å²) in [5.41, 5.74) is 2.06. The molecule has 0 aliphatic heterocycles. The van der Waals surface area contributed by atoms with Gasteiger partial charge in [-0.25, -0.2) is 0 Å². The molecule has 1 rings (SSSR count). The highest BCUT2D eigenvalue weighted by molar-refractivity contribution is 9.09. The smallest absolute Gasteiger partial charge is 0.253 e.